The zero-order valence-corrected chi connectivity index (χ0v) is 12.0. The van der Waals surface area contributed by atoms with Gasteiger partial charge in [-0.1, -0.05) is 20.8 Å². The number of nitrogens with one attached hydrogen (secondary N) is 2. The Kier molecular flexibility index (Phi) is 4.90. The molecule has 102 valence electrons. The molecule has 0 aliphatic heterocycles. The molecule has 0 aliphatic rings. The van der Waals surface area contributed by atoms with Crippen LogP contribution in [-0.4, -0.2) is 28.8 Å². The third kappa shape index (κ3) is 4.49. The summed E-state index contributed by atoms with van der Waals surface area (Å²) in [6, 6.07) is 0. The van der Waals surface area contributed by atoms with Crippen molar-refractivity contribution in [1.29, 1.82) is 0 Å². The highest BCUT2D eigenvalue weighted by molar-refractivity contribution is 5.72. The number of hydrogen-bond acceptors (Lipinski definition) is 3. The van der Waals surface area contributed by atoms with E-state index in [1.807, 2.05) is 17.9 Å². The molecule has 0 bridgehead atoms. The smallest absolute Gasteiger partial charge is 0.216 e. The van der Waals surface area contributed by atoms with Crippen molar-refractivity contribution in [2.45, 2.75) is 39.7 Å². The van der Waals surface area contributed by atoms with E-state index in [4.69, 9.17) is 0 Å². The van der Waals surface area contributed by atoms with Crippen molar-refractivity contribution in [2.75, 3.05) is 13.1 Å². The van der Waals surface area contributed by atoms with Crippen LogP contribution in [0.4, 0.5) is 0 Å². The van der Waals surface area contributed by atoms with Crippen LogP contribution in [0, 0.1) is 0 Å². The third-order valence-electron chi connectivity index (χ3n) is 2.61. The van der Waals surface area contributed by atoms with E-state index in [-0.39, 0.29) is 11.3 Å². The van der Waals surface area contributed by atoms with Crippen molar-refractivity contribution in [3.05, 3.63) is 17.5 Å². The van der Waals surface area contributed by atoms with E-state index in [0.717, 1.165) is 18.8 Å². The lowest BCUT2D eigenvalue weighted by Crippen LogP contribution is -2.30. The van der Waals surface area contributed by atoms with Crippen molar-refractivity contribution < 1.29 is 4.79 Å². The molecule has 0 fully saturated rings. The lowest BCUT2D eigenvalue weighted by molar-refractivity contribution is -0.118. The Hall–Kier alpha value is -1.36. The maximum Gasteiger partial charge on any atom is 0.216 e. The third-order valence-corrected chi connectivity index (χ3v) is 2.61. The number of nitrogens with zero attached hydrogens (tertiary/aromatic N) is 2. The van der Waals surface area contributed by atoms with E-state index in [0.29, 0.717) is 6.54 Å². The Labute approximate surface area is 109 Å². The fraction of sp³-hybridized carbons (Fsp3) is 0.692. The van der Waals surface area contributed by atoms with Crippen molar-refractivity contribution in [1.82, 2.24) is 20.4 Å². The summed E-state index contributed by atoms with van der Waals surface area (Å²) in [5.74, 6) is 0.00792. The van der Waals surface area contributed by atoms with Crippen LogP contribution in [-0.2, 0) is 23.8 Å². The first kappa shape index (κ1) is 14.7. The molecule has 18 heavy (non-hydrogen) atoms. The van der Waals surface area contributed by atoms with Gasteiger partial charge in [0.1, 0.15) is 0 Å². The number of aromatic nitrogens is 2. The second-order valence-corrected chi connectivity index (χ2v) is 5.59. The number of aryl methyl sites for hydroxylation is 1. The molecule has 1 amide bonds. The average molecular weight is 252 g/mol. The molecule has 1 aromatic heterocycles. The molecule has 1 heterocycles. The van der Waals surface area contributed by atoms with E-state index in [1.165, 1.54) is 12.5 Å². The van der Waals surface area contributed by atoms with E-state index in [2.05, 4.69) is 36.5 Å². The van der Waals surface area contributed by atoms with Gasteiger partial charge in [-0.3, -0.25) is 9.48 Å². The van der Waals surface area contributed by atoms with Gasteiger partial charge in [0.05, 0.1) is 5.69 Å². The van der Waals surface area contributed by atoms with Crippen LogP contribution >= 0.6 is 0 Å². The Morgan fingerprint density at radius 2 is 2.06 bits per heavy atom. The van der Waals surface area contributed by atoms with Gasteiger partial charge in [-0.2, -0.15) is 5.10 Å². The number of rotatable bonds is 5. The standard InChI is InChI=1S/C13H24N4O/c1-10(18)15-7-6-14-8-11-9-17(5)16-12(11)13(2,3)4/h9,14H,6-8H2,1-5H3,(H,15,18). The maximum absolute atomic E-state index is 10.7. The summed E-state index contributed by atoms with van der Waals surface area (Å²) in [5.41, 5.74) is 2.39. The first-order valence-corrected chi connectivity index (χ1v) is 6.29. The van der Waals surface area contributed by atoms with Crippen molar-refractivity contribution >= 4 is 5.91 Å². The Morgan fingerprint density at radius 1 is 1.39 bits per heavy atom. The summed E-state index contributed by atoms with van der Waals surface area (Å²) in [6.07, 6.45) is 2.05. The van der Waals surface area contributed by atoms with Gasteiger partial charge in [0.25, 0.3) is 0 Å². The van der Waals surface area contributed by atoms with Crippen molar-refractivity contribution in [3.8, 4) is 0 Å². The fourth-order valence-electron chi connectivity index (χ4n) is 1.85. The normalized spacial score (nSPS) is 11.6. The lowest BCUT2D eigenvalue weighted by Gasteiger charge is -2.17. The number of amides is 1. The molecule has 5 heteroatoms. The van der Waals surface area contributed by atoms with Gasteiger partial charge >= 0.3 is 0 Å². The van der Waals surface area contributed by atoms with E-state index in [9.17, 15) is 4.79 Å². The zero-order chi connectivity index (χ0) is 13.8. The minimum absolute atomic E-state index is 0.00792. The van der Waals surface area contributed by atoms with Crippen LogP contribution in [0.25, 0.3) is 0 Å². The molecule has 0 atom stereocenters. The fourth-order valence-corrected chi connectivity index (χ4v) is 1.85. The predicted octanol–water partition coefficient (Wildman–Crippen LogP) is 0.943. The molecule has 2 N–H and O–H groups in total. The molecular formula is C13H24N4O. The van der Waals surface area contributed by atoms with Crippen LogP contribution < -0.4 is 10.6 Å². The lowest BCUT2D eigenvalue weighted by atomic mass is 9.89. The first-order valence-electron chi connectivity index (χ1n) is 6.29. The molecule has 5 nitrogen and oxygen atoms in total. The molecule has 0 aromatic carbocycles. The molecule has 0 spiro atoms. The summed E-state index contributed by atoms with van der Waals surface area (Å²) in [5, 5.41) is 10.6. The zero-order valence-electron chi connectivity index (χ0n) is 12.0. The topological polar surface area (TPSA) is 59.0 Å². The van der Waals surface area contributed by atoms with Gasteiger partial charge in [-0.25, -0.2) is 0 Å². The number of carbonyl (C=O) groups excluding carboxylic acids is 1. The maximum atomic E-state index is 10.7. The number of hydrogen-bond donors (Lipinski definition) is 2. The molecule has 0 aliphatic carbocycles. The predicted molar refractivity (Wildman–Crippen MR) is 72.3 cm³/mol. The second-order valence-electron chi connectivity index (χ2n) is 5.59. The Bertz CT molecular complexity index is 404. The Morgan fingerprint density at radius 3 is 2.61 bits per heavy atom. The quantitative estimate of drug-likeness (QED) is 0.767. The Balaban J connectivity index is 2.49. The summed E-state index contributed by atoms with van der Waals surface area (Å²) in [6.45, 7) is 10.2. The summed E-state index contributed by atoms with van der Waals surface area (Å²) < 4.78 is 1.85. The number of carbonyl (C=O) groups is 1. The highest BCUT2D eigenvalue weighted by Crippen LogP contribution is 2.23. The van der Waals surface area contributed by atoms with Crippen molar-refractivity contribution in [3.63, 3.8) is 0 Å². The van der Waals surface area contributed by atoms with E-state index >= 15 is 0 Å². The van der Waals surface area contributed by atoms with Crippen LogP contribution in [0.1, 0.15) is 39.0 Å². The van der Waals surface area contributed by atoms with Crippen LogP contribution in [0.15, 0.2) is 6.20 Å². The summed E-state index contributed by atoms with van der Waals surface area (Å²) in [4.78, 5) is 10.7. The summed E-state index contributed by atoms with van der Waals surface area (Å²) >= 11 is 0. The summed E-state index contributed by atoms with van der Waals surface area (Å²) in [7, 11) is 1.94. The van der Waals surface area contributed by atoms with Gasteiger partial charge in [0.2, 0.25) is 5.91 Å². The van der Waals surface area contributed by atoms with Crippen LogP contribution in [0.3, 0.4) is 0 Å². The largest absolute Gasteiger partial charge is 0.355 e. The van der Waals surface area contributed by atoms with Crippen molar-refractivity contribution in [2.24, 2.45) is 7.05 Å². The molecule has 0 saturated carbocycles. The molecule has 0 unspecified atom stereocenters. The van der Waals surface area contributed by atoms with Gasteiger partial charge in [-0.05, 0) is 0 Å². The van der Waals surface area contributed by atoms with Gasteiger partial charge in [-0.15, -0.1) is 0 Å². The van der Waals surface area contributed by atoms with Gasteiger partial charge in [0, 0.05) is 50.8 Å². The van der Waals surface area contributed by atoms with E-state index < -0.39 is 0 Å². The molecule has 0 radical (unpaired) electrons. The molecular weight excluding hydrogens is 228 g/mol. The second kappa shape index (κ2) is 6.00. The average Bonchev–Trinajstić information content (AvgIpc) is 2.58. The highest BCUT2D eigenvalue weighted by Gasteiger charge is 2.21. The minimum atomic E-state index is 0.00792. The molecule has 1 aromatic rings. The molecule has 1 rings (SSSR count). The SMILES string of the molecule is CC(=O)NCCNCc1cn(C)nc1C(C)(C)C. The van der Waals surface area contributed by atoms with Gasteiger partial charge in [0.15, 0.2) is 0 Å². The van der Waals surface area contributed by atoms with Crippen LogP contribution in [0.2, 0.25) is 0 Å². The minimum Gasteiger partial charge on any atom is -0.355 e. The van der Waals surface area contributed by atoms with Gasteiger partial charge < -0.3 is 10.6 Å². The highest BCUT2D eigenvalue weighted by atomic mass is 16.1. The van der Waals surface area contributed by atoms with E-state index in [1.54, 1.807) is 0 Å². The van der Waals surface area contributed by atoms with Crippen LogP contribution in [0.5, 0.6) is 0 Å². The first-order chi connectivity index (χ1) is 8.30. The molecule has 0 saturated heterocycles. The monoisotopic (exact) mass is 252 g/mol.